The highest BCUT2D eigenvalue weighted by molar-refractivity contribution is 7.84. The van der Waals surface area contributed by atoms with E-state index < -0.39 is 16.8 Å². The number of hydrogen-bond donors (Lipinski definition) is 1. The van der Waals surface area contributed by atoms with Gasteiger partial charge in [-0.25, -0.2) is 4.79 Å². The zero-order chi connectivity index (χ0) is 14.5. The maximum atomic E-state index is 12.3. The monoisotopic (exact) mass is 288 g/mol. The van der Waals surface area contributed by atoms with Gasteiger partial charge in [-0.3, -0.25) is 4.21 Å². The molecule has 0 saturated carbocycles. The van der Waals surface area contributed by atoms with Crippen molar-refractivity contribution in [1.82, 2.24) is 0 Å². The number of aromatic carboxylic acids is 1. The second-order valence-electron chi connectivity index (χ2n) is 4.58. The van der Waals surface area contributed by atoms with Crippen molar-refractivity contribution in [2.45, 2.75) is 17.9 Å². The Kier molecular flexibility index (Phi) is 4.69. The van der Waals surface area contributed by atoms with Crippen molar-refractivity contribution in [3.63, 3.8) is 0 Å². The van der Waals surface area contributed by atoms with Gasteiger partial charge in [-0.2, -0.15) is 0 Å². The zero-order valence-corrected chi connectivity index (χ0v) is 12.0. The second-order valence-corrected chi connectivity index (χ2v) is 6.34. The van der Waals surface area contributed by atoms with Crippen LogP contribution in [0.5, 0.6) is 0 Å². The first-order valence-corrected chi connectivity index (χ1v) is 7.70. The van der Waals surface area contributed by atoms with Crippen LogP contribution in [0.3, 0.4) is 0 Å². The molecule has 0 aliphatic heterocycles. The molecule has 0 amide bonds. The molecule has 0 aromatic heterocycles. The van der Waals surface area contributed by atoms with Gasteiger partial charge in [0.15, 0.2) is 0 Å². The first-order chi connectivity index (χ1) is 9.58. The third-order valence-corrected chi connectivity index (χ3v) is 4.85. The molecule has 0 bridgehead atoms. The Hall–Kier alpha value is -1.94. The standard InChI is InChI=1S/C16H16O3S/c1-12(14-5-3-2-4-6-14)20(19)11-13-7-9-15(10-8-13)16(17)18/h2-10,12H,11H2,1H3,(H,17,18). The van der Waals surface area contributed by atoms with E-state index in [9.17, 15) is 9.00 Å². The van der Waals surface area contributed by atoms with Crippen molar-refractivity contribution >= 4 is 16.8 Å². The Balaban J connectivity index is 2.06. The minimum absolute atomic E-state index is 0.0460. The Labute approximate surface area is 120 Å². The molecule has 104 valence electrons. The summed E-state index contributed by atoms with van der Waals surface area (Å²) >= 11 is 0. The van der Waals surface area contributed by atoms with E-state index in [1.54, 1.807) is 24.3 Å². The molecule has 2 atom stereocenters. The summed E-state index contributed by atoms with van der Waals surface area (Å²) in [5.74, 6) is -0.522. The van der Waals surface area contributed by atoms with E-state index in [2.05, 4.69) is 0 Å². The minimum Gasteiger partial charge on any atom is -0.478 e. The van der Waals surface area contributed by atoms with Crippen LogP contribution < -0.4 is 0 Å². The fourth-order valence-corrected chi connectivity index (χ4v) is 3.14. The topological polar surface area (TPSA) is 54.4 Å². The molecule has 2 aromatic carbocycles. The van der Waals surface area contributed by atoms with Gasteiger partial charge in [0.2, 0.25) is 0 Å². The number of carboxylic acid groups (broad SMARTS) is 1. The van der Waals surface area contributed by atoms with Gasteiger partial charge in [0.25, 0.3) is 0 Å². The summed E-state index contributed by atoms with van der Waals surface area (Å²) in [6.07, 6.45) is 0. The number of benzene rings is 2. The van der Waals surface area contributed by atoms with Gasteiger partial charge in [0.1, 0.15) is 0 Å². The lowest BCUT2D eigenvalue weighted by Gasteiger charge is -2.12. The number of hydrogen-bond acceptors (Lipinski definition) is 2. The van der Waals surface area contributed by atoms with Gasteiger partial charge < -0.3 is 5.11 Å². The molecular weight excluding hydrogens is 272 g/mol. The summed E-state index contributed by atoms with van der Waals surface area (Å²) in [5, 5.41) is 8.79. The molecular formula is C16H16O3S. The molecule has 3 nitrogen and oxygen atoms in total. The van der Waals surface area contributed by atoms with Crippen LogP contribution in [0.4, 0.5) is 0 Å². The molecule has 0 fully saturated rings. The van der Waals surface area contributed by atoms with Crippen LogP contribution in [0.25, 0.3) is 0 Å². The van der Waals surface area contributed by atoms with E-state index >= 15 is 0 Å². The quantitative estimate of drug-likeness (QED) is 0.917. The minimum atomic E-state index is -1.03. The molecule has 0 spiro atoms. The van der Waals surface area contributed by atoms with Crippen molar-refractivity contribution < 1.29 is 14.1 Å². The first-order valence-electron chi connectivity index (χ1n) is 6.32. The summed E-state index contributed by atoms with van der Waals surface area (Å²) in [6, 6.07) is 16.3. The van der Waals surface area contributed by atoms with Crippen molar-refractivity contribution in [1.29, 1.82) is 0 Å². The Morgan fingerprint density at radius 2 is 1.70 bits per heavy atom. The van der Waals surface area contributed by atoms with E-state index in [1.807, 2.05) is 37.3 Å². The average Bonchev–Trinajstić information content (AvgIpc) is 2.48. The first kappa shape index (κ1) is 14.5. The maximum absolute atomic E-state index is 12.3. The predicted molar refractivity (Wildman–Crippen MR) is 80.1 cm³/mol. The van der Waals surface area contributed by atoms with Gasteiger partial charge in [0, 0.05) is 16.6 Å². The molecule has 0 radical (unpaired) electrons. The van der Waals surface area contributed by atoms with E-state index in [0.29, 0.717) is 5.75 Å². The Morgan fingerprint density at radius 1 is 1.10 bits per heavy atom. The fourth-order valence-electron chi connectivity index (χ4n) is 1.91. The fraction of sp³-hybridized carbons (Fsp3) is 0.188. The van der Waals surface area contributed by atoms with Gasteiger partial charge in [-0.1, -0.05) is 42.5 Å². The summed E-state index contributed by atoms with van der Waals surface area (Å²) in [6.45, 7) is 1.94. The van der Waals surface area contributed by atoms with Crippen LogP contribution in [0.2, 0.25) is 0 Å². The highest BCUT2D eigenvalue weighted by Gasteiger charge is 2.14. The Bertz CT molecular complexity index is 605. The molecule has 4 heteroatoms. The number of carboxylic acids is 1. The smallest absolute Gasteiger partial charge is 0.335 e. The van der Waals surface area contributed by atoms with Crippen molar-refractivity contribution in [2.24, 2.45) is 0 Å². The van der Waals surface area contributed by atoms with Crippen LogP contribution in [0, 0.1) is 0 Å². The molecule has 0 aliphatic carbocycles. The molecule has 2 rings (SSSR count). The van der Waals surface area contributed by atoms with Crippen LogP contribution >= 0.6 is 0 Å². The normalized spacial score (nSPS) is 13.7. The summed E-state index contributed by atoms with van der Waals surface area (Å²) in [4.78, 5) is 10.8. The predicted octanol–water partition coefficient (Wildman–Crippen LogP) is 3.39. The molecule has 0 heterocycles. The largest absolute Gasteiger partial charge is 0.478 e. The van der Waals surface area contributed by atoms with Gasteiger partial charge in [-0.15, -0.1) is 0 Å². The highest BCUT2D eigenvalue weighted by Crippen LogP contribution is 2.21. The van der Waals surface area contributed by atoms with Crippen LogP contribution in [-0.4, -0.2) is 15.3 Å². The van der Waals surface area contributed by atoms with E-state index in [0.717, 1.165) is 11.1 Å². The van der Waals surface area contributed by atoms with Gasteiger partial charge in [0.05, 0.1) is 10.8 Å². The molecule has 20 heavy (non-hydrogen) atoms. The number of rotatable bonds is 5. The lowest BCUT2D eigenvalue weighted by Crippen LogP contribution is -2.05. The highest BCUT2D eigenvalue weighted by atomic mass is 32.2. The third kappa shape index (κ3) is 3.54. The van der Waals surface area contributed by atoms with Gasteiger partial charge in [-0.05, 0) is 30.2 Å². The molecule has 2 unspecified atom stereocenters. The van der Waals surface area contributed by atoms with Crippen molar-refractivity contribution in [2.75, 3.05) is 0 Å². The molecule has 0 aliphatic rings. The third-order valence-electron chi connectivity index (χ3n) is 3.17. The lowest BCUT2D eigenvalue weighted by atomic mass is 10.1. The SMILES string of the molecule is CC(c1ccccc1)S(=O)Cc1ccc(C(=O)O)cc1. The van der Waals surface area contributed by atoms with E-state index in [1.165, 1.54) is 0 Å². The van der Waals surface area contributed by atoms with Crippen LogP contribution in [-0.2, 0) is 16.6 Å². The Morgan fingerprint density at radius 3 is 2.25 bits per heavy atom. The van der Waals surface area contributed by atoms with Gasteiger partial charge >= 0.3 is 5.97 Å². The number of carbonyl (C=O) groups is 1. The van der Waals surface area contributed by atoms with Crippen LogP contribution in [0.1, 0.15) is 33.7 Å². The molecule has 2 aromatic rings. The van der Waals surface area contributed by atoms with Crippen molar-refractivity contribution in [3.8, 4) is 0 Å². The summed E-state index contributed by atoms with van der Waals surface area (Å²) in [7, 11) is -1.03. The van der Waals surface area contributed by atoms with E-state index in [-0.39, 0.29) is 10.8 Å². The van der Waals surface area contributed by atoms with Crippen molar-refractivity contribution in [3.05, 3.63) is 71.3 Å². The van der Waals surface area contributed by atoms with E-state index in [4.69, 9.17) is 5.11 Å². The molecule has 1 N–H and O–H groups in total. The maximum Gasteiger partial charge on any atom is 0.335 e. The lowest BCUT2D eigenvalue weighted by molar-refractivity contribution is 0.0697. The average molecular weight is 288 g/mol. The zero-order valence-electron chi connectivity index (χ0n) is 11.2. The summed E-state index contributed by atoms with van der Waals surface area (Å²) in [5.41, 5.74) is 2.18. The molecule has 0 saturated heterocycles. The summed E-state index contributed by atoms with van der Waals surface area (Å²) < 4.78 is 12.3. The second kappa shape index (κ2) is 6.48. The van der Waals surface area contributed by atoms with Crippen LogP contribution in [0.15, 0.2) is 54.6 Å².